The van der Waals surface area contributed by atoms with Crippen LogP contribution in [0.3, 0.4) is 0 Å². The monoisotopic (exact) mass is 485 g/mol. The van der Waals surface area contributed by atoms with Crippen LogP contribution >= 0.6 is 22.9 Å². The number of piperidine rings is 1. The van der Waals surface area contributed by atoms with E-state index in [2.05, 4.69) is 10.4 Å². The highest BCUT2D eigenvalue weighted by molar-refractivity contribution is 7.16. The molecule has 2 aromatic heterocycles. The summed E-state index contributed by atoms with van der Waals surface area (Å²) < 4.78 is 67.0. The molecule has 2 aliphatic heterocycles. The number of ether oxygens (including phenoxy) is 1. The summed E-state index contributed by atoms with van der Waals surface area (Å²) in [5.74, 6) is -4.85. The van der Waals surface area contributed by atoms with Gasteiger partial charge >= 0.3 is 0 Å². The van der Waals surface area contributed by atoms with Crippen molar-refractivity contribution in [3.8, 4) is 5.69 Å². The van der Waals surface area contributed by atoms with Gasteiger partial charge < -0.3 is 10.1 Å². The predicted molar refractivity (Wildman–Crippen MR) is 114 cm³/mol. The minimum atomic E-state index is -3.27. The molecule has 1 spiro atoms. The van der Waals surface area contributed by atoms with Crippen molar-refractivity contribution in [2.75, 3.05) is 13.1 Å². The van der Waals surface area contributed by atoms with E-state index in [1.54, 1.807) is 6.92 Å². The van der Waals surface area contributed by atoms with Crippen molar-refractivity contribution in [2.24, 2.45) is 0 Å². The first-order valence-corrected chi connectivity index (χ1v) is 11.5. The van der Waals surface area contributed by atoms with Crippen molar-refractivity contribution in [3.63, 3.8) is 0 Å². The molecule has 0 aliphatic carbocycles. The number of hydrogen-bond donors (Lipinski definition) is 1. The van der Waals surface area contributed by atoms with Gasteiger partial charge in [0.25, 0.3) is 5.92 Å². The minimum Gasteiger partial charge on any atom is -0.359 e. The largest absolute Gasteiger partial charge is 0.359 e. The van der Waals surface area contributed by atoms with Crippen LogP contribution in [0.25, 0.3) is 5.69 Å². The Morgan fingerprint density at radius 3 is 2.62 bits per heavy atom. The average molecular weight is 486 g/mol. The fraction of sp³-hybridized carbons (Fsp3) is 0.409. The Morgan fingerprint density at radius 1 is 1.25 bits per heavy atom. The zero-order valence-electron chi connectivity index (χ0n) is 17.1. The van der Waals surface area contributed by atoms with Crippen LogP contribution in [0.5, 0.6) is 0 Å². The lowest BCUT2D eigenvalue weighted by molar-refractivity contribution is -0.227. The van der Waals surface area contributed by atoms with E-state index in [1.807, 2.05) is 0 Å². The number of para-hydroxylation sites is 1. The third kappa shape index (κ3) is 3.46. The number of rotatable bonds is 3. The van der Waals surface area contributed by atoms with E-state index in [9.17, 15) is 8.78 Å². The van der Waals surface area contributed by atoms with Crippen LogP contribution < -0.4 is 5.32 Å². The molecule has 0 bridgehead atoms. The number of fused-ring (bicyclic) bond motifs is 2. The van der Waals surface area contributed by atoms with Crippen molar-refractivity contribution in [1.29, 1.82) is 0 Å². The summed E-state index contributed by atoms with van der Waals surface area (Å²) >= 11 is 7.29. The predicted octanol–water partition coefficient (Wildman–Crippen LogP) is 5.49. The van der Waals surface area contributed by atoms with E-state index in [0.717, 1.165) is 28.2 Å². The third-order valence-electron chi connectivity index (χ3n) is 6.23. The first-order valence-electron chi connectivity index (χ1n) is 10.3. The van der Waals surface area contributed by atoms with Crippen molar-refractivity contribution in [2.45, 2.75) is 43.8 Å². The summed E-state index contributed by atoms with van der Waals surface area (Å²) in [5, 5.41) is 7.42. The first kappa shape index (κ1) is 21.9. The van der Waals surface area contributed by atoms with Crippen LogP contribution in [-0.4, -0.2) is 29.0 Å². The number of aromatic nitrogens is 2. The molecule has 1 atom stereocenters. The molecule has 0 radical (unpaired) electrons. The van der Waals surface area contributed by atoms with Gasteiger partial charge in [-0.3, -0.25) is 0 Å². The molecule has 32 heavy (non-hydrogen) atoms. The van der Waals surface area contributed by atoms with Crippen molar-refractivity contribution >= 4 is 22.9 Å². The van der Waals surface area contributed by atoms with Crippen LogP contribution in [0.15, 0.2) is 30.5 Å². The third-order valence-corrected chi connectivity index (χ3v) is 7.68. The van der Waals surface area contributed by atoms with E-state index in [4.69, 9.17) is 16.3 Å². The van der Waals surface area contributed by atoms with Gasteiger partial charge in [-0.25, -0.2) is 13.5 Å². The molecule has 0 saturated carbocycles. The number of aryl methyl sites for hydroxylation is 1. The van der Waals surface area contributed by atoms with Crippen LogP contribution in [0.1, 0.15) is 34.5 Å². The van der Waals surface area contributed by atoms with Gasteiger partial charge in [-0.15, -0.1) is 11.3 Å². The number of halogens is 5. The van der Waals surface area contributed by atoms with Gasteiger partial charge in [-0.05, 0) is 56.6 Å². The maximum Gasteiger partial charge on any atom is 0.300 e. The Kier molecular flexibility index (Phi) is 5.35. The fourth-order valence-electron chi connectivity index (χ4n) is 4.58. The number of benzene rings is 1. The molecule has 0 amide bonds. The summed E-state index contributed by atoms with van der Waals surface area (Å²) in [6.45, 7) is 2.92. The normalized spacial score (nSPS) is 21.6. The summed E-state index contributed by atoms with van der Waals surface area (Å²) in [6, 6.07) is 4.84. The van der Waals surface area contributed by atoms with Crippen LogP contribution in [0, 0.1) is 18.6 Å². The van der Waals surface area contributed by atoms with Gasteiger partial charge in [0, 0.05) is 23.1 Å². The molecular weight excluding hydrogens is 466 g/mol. The van der Waals surface area contributed by atoms with Gasteiger partial charge in [-0.1, -0.05) is 17.7 Å². The smallest absolute Gasteiger partial charge is 0.300 e. The summed E-state index contributed by atoms with van der Waals surface area (Å²) in [4.78, 5) is 0.492. The molecule has 0 unspecified atom stereocenters. The zero-order valence-corrected chi connectivity index (χ0v) is 18.7. The van der Waals surface area contributed by atoms with Gasteiger partial charge in [-0.2, -0.15) is 13.9 Å². The number of nitrogens with one attached hydrogen (secondary N) is 1. The quantitative estimate of drug-likeness (QED) is 0.499. The van der Waals surface area contributed by atoms with Gasteiger partial charge in [0.15, 0.2) is 11.6 Å². The highest BCUT2D eigenvalue weighted by Gasteiger charge is 2.56. The molecule has 1 N–H and O–H groups in total. The van der Waals surface area contributed by atoms with Gasteiger partial charge in [0.1, 0.15) is 17.4 Å². The minimum absolute atomic E-state index is 0.0872. The molecule has 4 nitrogen and oxygen atoms in total. The lowest BCUT2D eigenvalue weighted by atomic mass is 9.82. The van der Waals surface area contributed by atoms with Gasteiger partial charge in [0.2, 0.25) is 0 Å². The number of thiophene rings is 1. The molecule has 10 heteroatoms. The fourth-order valence-corrected chi connectivity index (χ4v) is 6.04. The molecule has 5 rings (SSSR count). The second-order valence-corrected chi connectivity index (χ2v) is 9.91. The lowest BCUT2D eigenvalue weighted by Crippen LogP contribution is -2.52. The maximum absolute atomic E-state index is 15.5. The SMILES string of the molecule is Cc1nn(-c2c(F)cccc2F)cc1C[C@H]1OC2(CCNCC2)c2sc(Cl)cc2C1(F)F. The Bertz CT molecular complexity index is 1150. The molecule has 3 aromatic rings. The molecule has 4 heterocycles. The van der Waals surface area contributed by atoms with Crippen molar-refractivity contribution in [3.05, 3.63) is 68.1 Å². The molecule has 1 aromatic carbocycles. The highest BCUT2D eigenvalue weighted by atomic mass is 35.5. The van der Waals surface area contributed by atoms with Crippen molar-refractivity contribution < 1.29 is 22.3 Å². The second kappa shape index (κ2) is 7.83. The standard InChI is InChI=1S/C22H20ClF4N3OS/c1-12-13(11-30(29-12)19-15(24)3-2-4-16(19)25)9-17-22(26,27)14-10-18(23)32-20(14)21(31-17)5-7-28-8-6-21/h2-4,10-11,17,28H,5-9H2,1H3/t17-/m1/s1. The van der Waals surface area contributed by atoms with E-state index >= 15 is 8.78 Å². The summed E-state index contributed by atoms with van der Waals surface area (Å²) in [7, 11) is 0. The zero-order chi connectivity index (χ0) is 22.7. The Labute approximate surface area is 191 Å². The average Bonchev–Trinajstić information content (AvgIpc) is 3.31. The second-order valence-electron chi connectivity index (χ2n) is 8.23. The Morgan fingerprint density at radius 2 is 1.94 bits per heavy atom. The van der Waals surface area contributed by atoms with E-state index in [1.165, 1.54) is 18.3 Å². The first-order chi connectivity index (χ1) is 15.2. The summed E-state index contributed by atoms with van der Waals surface area (Å²) in [5.41, 5.74) is -0.422. The Balaban J connectivity index is 1.53. The molecule has 1 fully saturated rings. The molecule has 2 aliphatic rings. The van der Waals surface area contributed by atoms with Crippen LogP contribution in [0.4, 0.5) is 17.6 Å². The summed E-state index contributed by atoms with van der Waals surface area (Å²) in [6.07, 6.45) is 0.892. The van der Waals surface area contributed by atoms with Crippen LogP contribution in [-0.2, 0) is 22.7 Å². The number of hydrogen-bond acceptors (Lipinski definition) is 4. The van der Waals surface area contributed by atoms with E-state index in [-0.39, 0.29) is 17.7 Å². The van der Waals surface area contributed by atoms with Gasteiger partial charge in [0.05, 0.1) is 10.0 Å². The molecule has 170 valence electrons. The van der Waals surface area contributed by atoms with E-state index in [0.29, 0.717) is 46.4 Å². The van der Waals surface area contributed by atoms with E-state index < -0.39 is 29.3 Å². The van der Waals surface area contributed by atoms with Crippen LogP contribution in [0.2, 0.25) is 4.34 Å². The molecular formula is C22H20ClF4N3OS. The topological polar surface area (TPSA) is 39.1 Å². The van der Waals surface area contributed by atoms with Crippen molar-refractivity contribution in [1.82, 2.24) is 15.1 Å². The maximum atomic E-state index is 15.5. The number of nitrogens with zero attached hydrogens (tertiary/aromatic N) is 2. The highest BCUT2D eigenvalue weighted by Crippen LogP contribution is 2.55. The lowest BCUT2D eigenvalue weighted by Gasteiger charge is -2.46. The molecule has 1 saturated heterocycles. The Hall–Kier alpha value is -1.94. The number of alkyl halides is 2.